The Kier molecular flexibility index (Phi) is 2.76. The van der Waals surface area contributed by atoms with Gasteiger partial charge < -0.3 is 14.9 Å². The van der Waals surface area contributed by atoms with Crippen LogP contribution in [0.3, 0.4) is 0 Å². The molecule has 1 fully saturated rings. The highest BCUT2D eigenvalue weighted by Crippen LogP contribution is 2.27. The fourth-order valence-electron chi connectivity index (χ4n) is 2.37. The number of fused-ring (bicyclic) bond motifs is 1. The van der Waals surface area contributed by atoms with Crippen LogP contribution in [0.15, 0.2) is 28.2 Å². The average Bonchev–Trinajstić information content (AvgIpc) is 3.17. The Morgan fingerprint density at radius 2 is 2.40 bits per heavy atom. The van der Waals surface area contributed by atoms with Crippen LogP contribution >= 0.6 is 11.3 Å². The van der Waals surface area contributed by atoms with Gasteiger partial charge in [0.25, 0.3) is 0 Å². The second-order valence-electron chi connectivity index (χ2n) is 4.83. The Labute approximate surface area is 118 Å². The number of nitrogens with one attached hydrogen (secondary N) is 1. The van der Waals surface area contributed by atoms with Gasteiger partial charge in [0.2, 0.25) is 11.7 Å². The molecule has 1 aliphatic heterocycles. The van der Waals surface area contributed by atoms with Crippen LogP contribution in [-0.4, -0.2) is 32.9 Å². The highest BCUT2D eigenvalue weighted by atomic mass is 32.1. The van der Waals surface area contributed by atoms with Crippen LogP contribution in [0, 0.1) is 0 Å². The van der Waals surface area contributed by atoms with Crippen LogP contribution in [0.5, 0.6) is 0 Å². The molecule has 4 heterocycles. The van der Waals surface area contributed by atoms with Crippen molar-refractivity contribution in [3.8, 4) is 11.4 Å². The smallest absolute Gasteiger partial charge is 0.244 e. The van der Waals surface area contributed by atoms with Crippen LogP contribution < -0.4 is 5.32 Å². The summed E-state index contributed by atoms with van der Waals surface area (Å²) in [6, 6.07) is 3.93. The second kappa shape index (κ2) is 4.62. The molecular formula is C13H12N4O2S. The van der Waals surface area contributed by atoms with Gasteiger partial charge in [0, 0.05) is 18.3 Å². The molecule has 1 aliphatic rings. The zero-order chi connectivity index (χ0) is 13.5. The summed E-state index contributed by atoms with van der Waals surface area (Å²) in [6.45, 7) is 0.561. The van der Waals surface area contributed by atoms with Crippen molar-refractivity contribution >= 4 is 21.6 Å². The van der Waals surface area contributed by atoms with Gasteiger partial charge in [0.05, 0.1) is 22.4 Å². The van der Waals surface area contributed by atoms with Crippen molar-refractivity contribution in [2.75, 3.05) is 6.54 Å². The zero-order valence-corrected chi connectivity index (χ0v) is 11.3. The van der Waals surface area contributed by atoms with E-state index in [9.17, 15) is 5.11 Å². The summed E-state index contributed by atoms with van der Waals surface area (Å²) in [5.41, 5.74) is 1.82. The first kappa shape index (κ1) is 12.0. The molecule has 0 spiro atoms. The quantitative estimate of drug-likeness (QED) is 0.747. The normalized spacial score (nSPS) is 22.6. The summed E-state index contributed by atoms with van der Waals surface area (Å²) in [5, 5.41) is 18.7. The predicted molar refractivity (Wildman–Crippen MR) is 74.3 cm³/mol. The van der Waals surface area contributed by atoms with E-state index < -0.39 is 0 Å². The molecule has 1 saturated heterocycles. The topological polar surface area (TPSA) is 84.1 Å². The van der Waals surface area contributed by atoms with Gasteiger partial charge in [0.1, 0.15) is 0 Å². The number of nitrogens with zero attached hydrogens (tertiary/aromatic N) is 3. The summed E-state index contributed by atoms with van der Waals surface area (Å²) in [7, 11) is 0. The summed E-state index contributed by atoms with van der Waals surface area (Å²) < 4.78 is 6.39. The van der Waals surface area contributed by atoms with E-state index in [0.717, 1.165) is 15.8 Å². The standard InChI is InChI=1S/C13H12N4O2S/c18-8-4-10(15-6-8)13-16-12(17-19-13)7-3-11-9(14-5-7)1-2-20-11/h1-3,5,8,10,15,18H,4,6H2/t8-,10-/m0/s1. The van der Waals surface area contributed by atoms with Gasteiger partial charge in [0.15, 0.2) is 0 Å². The lowest BCUT2D eigenvalue weighted by Crippen LogP contribution is -2.15. The van der Waals surface area contributed by atoms with Crippen molar-refractivity contribution in [3.63, 3.8) is 0 Å². The van der Waals surface area contributed by atoms with Gasteiger partial charge >= 0.3 is 0 Å². The molecule has 0 aliphatic carbocycles. The number of aromatic nitrogens is 3. The van der Waals surface area contributed by atoms with Gasteiger partial charge in [-0.05, 0) is 23.9 Å². The number of thiophene rings is 1. The predicted octanol–water partition coefficient (Wildman–Crippen LogP) is 1.74. The van der Waals surface area contributed by atoms with Crippen LogP contribution in [0.2, 0.25) is 0 Å². The molecule has 20 heavy (non-hydrogen) atoms. The third-order valence-electron chi connectivity index (χ3n) is 3.41. The Hall–Kier alpha value is -1.83. The van der Waals surface area contributed by atoms with Crippen LogP contribution in [0.25, 0.3) is 21.6 Å². The minimum Gasteiger partial charge on any atom is -0.392 e. The molecular weight excluding hydrogens is 276 g/mol. The van der Waals surface area contributed by atoms with E-state index in [0.29, 0.717) is 24.7 Å². The first-order valence-electron chi connectivity index (χ1n) is 6.38. The summed E-state index contributed by atoms with van der Waals surface area (Å²) >= 11 is 1.63. The third kappa shape index (κ3) is 2.00. The van der Waals surface area contributed by atoms with E-state index in [1.165, 1.54) is 0 Å². The summed E-state index contributed by atoms with van der Waals surface area (Å²) in [5.74, 6) is 1.05. The molecule has 3 aromatic heterocycles. The van der Waals surface area contributed by atoms with Gasteiger partial charge in [-0.3, -0.25) is 4.98 Å². The lowest BCUT2D eigenvalue weighted by atomic mass is 10.2. The van der Waals surface area contributed by atoms with Crippen LogP contribution in [0.4, 0.5) is 0 Å². The molecule has 4 rings (SSSR count). The second-order valence-corrected chi connectivity index (χ2v) is 5.78. The molecule has 102 valence electrons. The Bertz CT molecular complexity index is 754. The van der Waals surface area contributed by atoms with Crippen molar-refractivity contribution in [1.82, 2.24) is 20.4 Å². The Balaban J connectivity index is 1.66. The SMILES string of the molecule is O[C@@H]1CN[C@H](c2nc(-c3cnc4ccsc4c3)no2)C1. The summed E-state index contributed by atoms with van der Waals surface area (Å²) in [6.07, 6.45) is 2.00. The van der Waals surface area contributed by atoms with Gasteiger partial charge in [-0.2, -0.15) is 4.98 Å². The van der Waals surface area contributed by atoms with E-state index in [2.05, 4.69) is 20.4 Å². The Morgan fingerprint density at radius 3 is 3.25 bits per heavy atom. The molecule has 0 amide bonds. The van der Waals surface area contributed by atoms with Crippen LogP contribution in [-0.2, 0) is 0 Å². The van der Waals surface area contributed by atoms with Gasteiger partial charge in [-0.25, -0.2) is 0 Å². The number of pyridine rings is 1. The van der Waals surface area contributed by atoms with E-state index in [1.807, 2.05) is 17.5 Å². The fourth-order valence-corrected chi connectivity index (χ4v) is 3.15. The first-order valence-corrected chi connectivity index (χ1v) is 7.26. The molecule has 2 N–H and O–H groups in total. The number of rotatable bonds is 2. The molecule has 3 aromatic rings. The molecule has 2 atom stereocenters. The number of β-amino-alcohol motifs (C(OH)–C–C–N with tert-alkyl or cyclic N) is 1. The van der Waals surface area contributed by atoms with Crippen molar-refractivity contribution in [2.24, 2.45) is 0 Å². The molecule has 7 heteroatoms. The van der Waals surface area contributed by atoms with Crippen molar-refractivity contribution in [3.05, 3.63) is 29.6 Å². The number of aliphatic hydroxyl groups is 1. The van der Waals surface area contributed by atoms with Crippen molar-refractivity contribution < 1.29 is 9.63 Å². The van der Waals surface area contributed by atoms with E-state index in [-0.39, 0.29) is 12.1 Å². The van der Waals surface area contributed by atoms with Gasteiger partial charge in [-0.1, -0.05) is 5.16 Å². The molecule has 0 radical (unpaired) electrons. The fraction of sp³-hybridized carbons (Fsp3) is 0.308. The number of hydrogen-bond acceptors (Lipinski definition) is 7. The van der Waals surface area contributed by atoms with E-state index in [1.54, 1.807) is 17.5 Å². The Morgan fingerprint density at radius 1 is 1.45 bits per heavy atom. The van der Waals surface area contributed by atoms with E-state index in [4.69, 9.17) is 4.52 Å². The maximum Gasteiger partial charge on any atom is 0.244 e. The monoisotopic (exact) mass is 288 g/mol. The highest BCUT2D eigenvalue weighted by Gasteiger charge is 2.28. The average molecular weight is 288 g/mol. The lowest BCUT2D eigenvalue weighted by Gasteiger charge is -2.01. The highest BCUT2D eigenvalue weighted by molar-refractivity contribution is 7.17. The van der Waals surface area contributed by atoms with Crippen molar-refractivity contribution in [1.29, 1.82) is 0 Å². The summed E-state index contributed by atoms with van der Waals surface area (Å²) in [4.78, 5) is 8.77. The number of hydrogen-bond donors (Lipinski definition) is 2. The van der Waals surface area contributed by atoms with Crippen molar-refractivity contribution in [2.45, 2.75) is 18.6 Å². The third-order valence-corrected chi connectivity index (χ3v) is 4.26. The first-order chi connectivity index (χ1) is 9.79. The van der Waals surface area contributed by atoms with Gasteiger partial charge in [-0.15, -0.1) is 11.3 Å². The maximum absolute atomic E-state index is 9.52. The number of aliphatic hydroxyl groups excluding tert-OH is 1. The molecule has 0 unspecified atom stereocenters. The lowest BCUT2D eigenvalue weighted by molar-refractivity contribution is 0.191. The maximum atomic E-state index is 9.52. The minimum atomic E-state index is -0.348. The minimum absolute atomic E-state index is 0.0651. The van der Waals surface area contributed by atoms with Crippen LogP contribution in [0.1, 0.15) is 18.4 Å². The zero-order valence-electron chi connectivity index (χ0n) is 10.5. The van der Waals surface area contributed by atoms with E-state index >= 15 is 0 Å². The molecule has 0 saturated carbocycles. The molecule has 6 nitrogen and oxygen atoms in total. The molecule has 0 aromatic carbocycles. The molecule has 0 bridgehead atoms. The largest absolute Gasteiger partial charge is 0.392 e.